The third-order valence-corrected chi connectivity index (χ3v) is 5.89. The largest absolute Gasteiger partial charge is 0.453 e. The molecule has 4 rings (SSSR count). The Morgan fingerprint density at radius 2 is 1.41 bits per heavy atom. The fraction of sp³-hybridized carbons (Fsp3) is 0.333. The molecule has 5 heteroatoms. The van der Waals surface area contributed by atoms with E-state index in [0.717, 1.165) is 43.2 Å². The van der Waals surface area contributed by atoms with E-state index in [2.05, 4.69) is 36.2 Å². The number of para-hydroxylation sites is 2. The fourth-order valence-corrected chi connectivity index (χ4v) is 4.27. The minimum atomic E-state index is -0.316. The van der Waals surface area contributed by atoms with E-state index in [0.29, 0.717) is 11.5 Å². The van der Waals surface area contributed by atoms with E-state index in [1.807, 2.05) is 66.7 Å². The van der Waals surface area contributed by atoms with Crippen LogP contribution in [0.4, 0.5) is 0 Å². The topological polar surface area (TPSA) is 54.0 Å². The Balaban J connectivity index is 1.73. The van der Waals surface area contributed by atoms with E-state index in [9.17, 15) is 5.11 Å². The van der Waals surface area contributed by atoms with Crippen molar-refractivity contribution >= 4 is 0 Å². The molecule has 1 heterocycles. The van der Waals surface area contributed by atoms with Gasteiger partial charge in [-0.25, -0.2) is 0 Å². The number of nitrogens with one attached hydrogen (secondary N) is 1. The lowest BCUT2D eigenvalue weighted by atomic mass is 9.79. The van der Waals surface area contributed by atoms with Crippen LogP contribution in [0.15, 0.2) is 78.9 Å². The summed E-state index contributed by atoms with van der Waals surface area (Å²) in [6.45, 7) is 8.09. The van der Waals surface area contributed by atoms with E-state index in [1.165, 1.54) is 0 Å². The molecule has 1 aliphatic rings. The van der Waals surface area contributed by atoms with E-state index in [-0.39, 0.29) is 18.1 Å². The lowest BCUT2D eigenvalue weighted by molar-refractivity contribution is 0.0304. The molecule has 0 amide bonds. The van der Waals surface area contributed by atoms with Crippen molar-refractivity contribution in [1.82, 2.24) is 10.2 Å². The molecular formula is C27H32N2O3. The maximum Gasteiger partial charge on any atom is 0.170 e. The van der Waals surface area contributed by atoms with Gasteiger partial charge in [-0.15, -0.1) is 0 Å². The van der Waals surface area contributed by atoms with Crippen LogP contribution in [0.3, 0.4) is 0 Å². The Morgan fingerprint density at radius 1 is 0.844 bits per heavy atom. The Morgan fingerprint density at radius 3 is 1.97 bits per heavy atom. The number of benzene rings is 3. The molecule has 168 valence electrons. The Kier molecular flexibility index (Phi) is 7.10. The number of hydrogen-bond donors (Lipinski definition) is 2. The number of aliphatic hydroxyl groups excluding tert-OH is 1. The molecule has 0 aliphatic carbocycles. The summed E-state index contributed by atoms with van der Waals surface area (Å²) in [5.41, 5.74) is 0.792. The van der Waals surface area contributed by atoms with Gasteiger partial charge in [-0.3, -0.25) is 4.90 Å². The first-order valence-electron chi connectivity index (χ1n) is 11.2. The summed E-state index contributed by atoms with van der Waals surface area (Å²) < 4.78 is 12.5. The molecule has 2 N–H and O–H groups in total. The highest BCUT2D eigenvalue weighted by Gasteiger charge is 2.36. The van der Waals surface area contributed by atoms with E-state index in [1.54, 1.807) is 0 Å². The predicted molar refractivity (Wildman–Crippen MR) is 128 cm³/mol. The highest BCUT2D eigenvalue weighted by atomic mass is 16.5. The SMILES string of the molecule is CC(C)(CO)[C@@H](c1ccc(Oc2ccccc2)c(Oc2ccccc2)c1)N1CCNCC1. The number of ether oxygens (including phenoxy) is 2. The third kappa shape index (κ3) is 5.30. The lowest BCUT2D eigenvalue weighted by Crippen LogP contribution is -2.49. The molecule has 1 atom stereocenters. The molecule has 3 aromatic carbocycles. The van der Waals surface area contributed by atoms with Crippen molar-refractivity contribution in [1.29, 1.82) is 0 Å². The molecule has 0 unspecified atom stereocenters. The van der Waals surface area contributed by atoms with Crippen LogP contribution in [-0.2, 0) is 0 Å². The van der Waals surface area contributed by atoms with Crippen LogP contribution in [0.25, 0.3) is 0 Å². The Bertz CT molecular complexity index is 986. The highest BCUT2D eigenvalue weighted by Crippen LogP contribution is 2.43. The maximum absolute atomic E-state index is 10.2. The van der Waals surface area contributed by atoms with Crippen LogP contribution in [0.5, 0.6) is 23.0 Å². The molecule has 1 aliphatic heterocycles. The Labute approximate surface area is 190 Å². The van der Waals surface area contributed by atoms with Gasteiger partial charge < -0.3 is 19.9 Å². The molecule has 32 heavy (non-hydrogen) atoms. The number of piperazine rings is 1. The van der Waals surface area contributed by atoms with Gasteiger partial charge in [0.25, 0.3) is 0 Å². The Hall–Kier alpha value is -2.86. The van der Waals surface area contributed by atoms with Crippen LogP contribution in [0.1, 0.15) is 25.5 Å². The minimum absolute atomic E-state index is 0.0542. The van der Waals surface area contributed by atoms with Crippen molar-refractivity contribution in [2.45, 2.75) is 19.9 Å². The monoisotopic (exact) mass is 432 g/mol. The van der Waals surface area contributed by atoms with Crippen LogP contribution in [0.2, 0.25) is 0 Å². The smallest absolute Gasteiger partial charge is 0.170 e. The molecule has 5 nitrogen and oxygen atoms in total. The second kappa shape index (κ2) is 10.2. The van der Waals surface area contributed by atoms with Gasteiger partial charge in [0.15, 0.2) is 11.5 Å². The van der Waals surface area contributed by atoms with Gasteiger partial charge in [0, 0.05) is 44.2 Å². The van der Waals surface area contributed by atoms with Crippen molar-refractivity contribution in [3.8, 4) is 23.0 Å². The van der Waals surface area contributed by atoms with Crippen LogP contribution >= 0.6 is 0 Å². The number of hydrogen-bond acceptors (Lipinski definition) is 5. The molecule has 0 spiro atoms. The van der Waals surface area contributed by atoms with Crippen molar-refractivity contribution < 1.29 is 14.6 Å². The zero-order valence-corrected chi connectivity index (χ0v) is 18.8. The summed E-state index contributed by atoms with van der Waals surface area (Å²) in [7, 11) is 0. The van der Waals surface area contributed by atoms with Gasteiger partial charge in [0.2, 0.25) is 0 Å². The van der Waals surface area contributed by atoms with Crippen LogP contribution < -0.4 is 14.8 Å². The molecule has 1 fully saturated rings. The quantitative estimate of drug-likeness (QED) is 0.510. The standard InChI is InChI=1S/C27H32N2O3/c1-27(2,20-30)26(29-17-15-28-16-18-29)21-13-14-24(31-22-9-5-3-6-10-22)25(19-21)32-23-11-7-4-8-12-23/h3-14,19,26,28,30H,15-18,20H2,1-2H3/t26-/m1/s1. The highest BCUT2D eigenvalue weighted by molar-refractivity contribution is 5.48. The second-order valence-electron chi connectivity index (χ2n) is 8.87. The zero-order chi connectivity index (χ0) is 22.4. The fourth-order valence-electron chi connectivity index (χ4n) is 4.27. The first kappa shape index (κ1) is 22.3. The average Bonchev–Trinajstić information content (AvgIpc) is 2.83. The van der Waals surface area contributed by atoms with Gasteiger partial charge in [0.1, 0.15) is 11.5 Å². The summed E-state index contributed by atoms with van der Waals surface area (Å²) in [4.78, 5) is 2.45. The number of nitrogens with zero attached hydrogens (tertiary/aromatic N) is 1. The summed E-state index contributed by atoms with van der Waals surface area (Å²) in [6, 6.07) is 25.7. The normalized spacial score (nSPS) is 15.8. The van der Waals surface area contributed by atoms with Crippen molar-refractivity contribution in [3.63, 3.8) is 0 Å². The van der Waals surface area contributed by atoms with Crippen molar-refractivity contribution in [2.75, 3.05) is 32.8 Å². The minimum Gasteiger partial charge on any atom is -0.453 e. The first-order chi connectivity index (χ1) is 15.6. The molecule has 0 aromatic heterocycles. The summed E-state index contributed by atoms with van der Waals surface area (Å²) in [6.07, 6.45) is 0. The lowest BCUT2D eigenvalue weighted by Gasteiger charge is -2.43. The van der Waals surface area contributed by atoms with Gasteiger partial charge in [-0.05, 0) is 42.0 Å². The number of aliphatic hydroxyl groups is 1. The van der Waals surface area contributed by atoms with E-state index in [4.69, 9.17) is 9.47 Å². The number of rotatable bonds is 8. The first-order valence-corrected chi connectivity index (χ1v) is 11.2. The molecule has 0 bridgehead atoms. The van der Waals surface area contributed by atoms with Crippen molar-refractivity contribution in [3.05, 3.63) is 84.4 Å². The van der Waals surface area contributed by atoms with E-state index >= 15 is 0 Å². The molecular weight excluding hydrogens is 400 g/mol. The van der Waals surface area contributed by atoms with Gasteiger partial charge in [-0.2, -0.15) is 0 Å². The maximum atomic E-state index is 10.2. The average molecular weight is 433 g/mol. The van der Waals surface area contributed by atoms with Crippen molar-refractivity contribution in [2.24, 2.45) is 5.41 Å². The van der Waals surface area contributed by atoms with E-state index < -0.39 is 0 Å². The van der Waals surface area contributed by atoms with Crippen LogP contribution in [-0.4, -0.2) is 42.8 Å². The summed E-state index contributed by atoms with van der Waals surface area (Å²) >= 11 is 0. The summed E-state index contributed by atoms with van der Waals surface area (Å²) in [5.74, 6) is 2.83. The van der Waals surface area contributed by atoms with Gasteiger partial charge in [0.05, 0.1) is 0 Å². The van der Waals surface area contributed by atoms with Gasteiger partial charge >= 0.3 is 0 Å². The van der Waals surface area contributed by atoms with Crippen LogP contribution in [0, 0.1) is 5.41 Å². The summed E-state index contributed by atoms with van der Waals surface area (Å²) in [5, 5.41) is 13.6. The van der Waals surface area contributed by atoms with Gasteiger partial charge in [-0.1, -0.05) is 56.3 Å². The molecule has 0 saturated carbocycles. The molecule has 0 radical (unpaired) electrons. The zero-order valence-electron chi connectivity index (χ0n) is 18.8. The molecule has 3 aromatic rings. The molecule has 1 saturated heterocycles. The predicted octanol–water partition coefficient (Wildman–Crippen LogP) is 5.24. The second-order valence-corrected chi connectivity index (χ2v) is 8.87. The third-order valence-electron chi connectivity index (χ3n) is 5.89.